The van der Waals surface area contributed by atoms with Gasteiger partial charge in [0.25, 0.3) is 0 Å². The fourth-order valence-electron chi connectivity index (χ4n) is 1.60. The molecule has 2 aromatic rings. The highest BCUT2D eigenvalue weighted by molar-refractivity contribution is 5.60. The molecule has 0 unspecified atom stereocenters. The zero-order chi connectivity index (χ0) is 13.3. The number of nitrogen functional groups attached to an aromatic ring is 1. The smallest absolute Gasteiger partial charge is 0.334 e. The number of anilines is 1. The van der Waals surface area contributed by atoms with E-state index in [1.807, 2.05) is 13.8 Å². The first-order valence-corrected chi connectivity index (χ1v) is 5.33. The largest absolute Gasteiger partial charge is 0.378 e. The predicted octanol–water partition coefficient (Wildman–Crippen LogP) is 1.28. The summed E-state index contributed by atoms with van der Waals surface area (Å²) in [5.41, 5.74) is 5.93. The van der Waals surface area contributed by atoms with E-state index in [-0.39, 0.29) is 17.4 Å². The van der Waals surface area contributed by atoms with Crippen LogP contribution in [-0.4, -0.2) is 24.9 Å². The third-order valence-electron chi connectivity index (χ3n) is 2.43. The molecule has 2 heterocycles. The minimum atomic E-state index is -0.523. The van der Waals surface area contributed by atoms with Crippen LogP contribution in [0.3, 0.4) is 0 Å². The van der Waals surface area contributed by atoms with Gasteiger partial charge >= 0.3 is 5.69 Å². The van der Waals surface area contributed by atoms with Gasteiger partial charge in [-0.3, -0.25) is 10.1 Å². The minimum absolute atomic E-state index is 0.0378. The normalized spacial score (nSPS) is 10.8. The molecule has 94 valence electrons. The summed E-state index contributed by atoms with van der Waals surface area (Å²) in [6, 6.07) is 3.29. The Balaban J connectivity index is 2.64. The second-order valence-electron chi connectivity index (χ2n) is 4.02. The van der Waals surface area contributed by atoms with Gasteiger partial charge in [-0.15, -0.1) is 5.10 Å². The summed E-state index contributed by atoms with van der Waals surface area (Å²) in [4.78, 5) is 10.5. The van der Waals surface area contributed by atoms with E-state index >= 15 is 0 Å². The fourth-order valence-corrected chi connectivity index (χ4v) is 1.60. The SMILES string of the molecule is CC(C)c1nn(-c2cccnn2)c(N)c1[N+](=O)[O-]. The Morgan fingerprint density at radius 2 is 2.22 bits per heavy atom. The van der Waals surface area contributed by atoms with Crippen molar-refractivity contribution in [3.8, 4) is 5.82 Å². The van der Waals surface area contributed by atoms with Gasteiger partial charge in [-0.2, -0.15) is 14.9 Å². The zero-order valence-electron chi connectivity index (χ0n) is 9.94. The van der Waals surface area contributed by atoms with Crippen LogP contribution in [0.5, 0.6) is 0 Å². The number of rotatable bonds is 3. The second kappa shape index (κ2) is 4.40. The van der Waals surface area contributed by atoms with E-state index in [1.54, 1.807) is 12.1 Å². The molecule has 0 aliphatic rings. The first kappa shape index (κ1) is 12.0. The van der Waals surface area contributed by atoms with E-state index < -0.39 is 4.92 Å². The number of hydrogen-bond acceptors (Lipinski definition) is 6. The Hall–Kier alpha value is -2.51. The molecule has 0 radical (unpaired) electrons. The third-order valence-corrected chi connectivity index (χ3v) is 2.43. The molecule has 18 heavy (non-hydrogen) atoms. The molecule has 0 aromatic carbocycles. The lowest BCUT2D eigenvalue weighted by Crippen LogP contribution is -2.05. The van der Waals surface area contributed by atoms with Gasteiger partial charge < -0.3 is 5.73 Å². The van der Waals surface area contributed by atoms with Crippen LogP contribution in [-0.2, 0) is 0 Å². The Labute approximate surface area is 103 Å². The lowest BCUT2D eigenvalue weighted by atomic mass is 10.1. The second-order valence-corrected chi connectivity index (χ2v) is 4.02. The van der Waals surface area contributed by atoms with Crippen LogP contribution < -0.4 is 5.73 Å². The van der Waals surface area contributed by atoms with Crippen molar-refractivity contribution in [1.29, 1.82) is 0 Å². The summed E-state index contributed by atoms with van der Waals surface area (Å²) in [5, 5.41) is 22.7. The Bertz CT molecular complexity index is 578. The Morgan fingerprint density at radius 3 is 2.67 bits per heavy atom. The number of aromatic nitrogens is 4. The van der Waals surface area contributed by atoms with Crippen LogP contribution in [0.4, 0.5) is 11.5 Å². The molecular formula is C10H12N6O2. The zero-order valence-corrected chi connectivity index (χ0v) is 9.94. The maximum absolute atomic E-state index is 11.0. The van der Waals surface area contributed by atoms with Gasteiger partial charge in [0.05, 0.1) is 4.92 Å². The topological polar surface area (TPSA) is 113 Å². The van der Waals surface area contributed by atoms with Crippen LogP contribution in [0.15, 0.2) is 18.3 Å². The van der Waals surface area contributed by atoms with E-state index in [9.17, 15) is 10.1 Å². The molecule has 0 saturated heterocycles. The summed E-state index contributed by atoms with van der Waals surface area (Å²) >= 11 is 0. The van der Waals surface area contributed by atoms with Gasteiger partial charge in [-0.05, 0) is 12.1 Å². The molecule has 0 saturated carbocycles. The summed E-state index contributed by atoms with van der Waals surface area (Å²) in [5.74, 6) is 0.208. The molecule has 8 heteroatoms. The highest BCUT2D eigenvalue weighted by atomic mass is 16.6. The van der Waals surface area contributed by atoms with Crippen molar-refractivity contribution in [2.24, 2.45) is 0 Å². The number of nitrogens with zero attached hydrogens (tertiary/aromatic N) is 5. The standard InChI is InChI=1S/C10H12N6O2/c1-6(2)8-9(16(17)18)10(11)15(14-8)7-4-3-5-12-13-7/h3-6H,11H2,1-2H3. The molecule has 2 aromatic heterocycles. The van der Waals surface area contributed by atoms with E-state index in [2.05, 4.69) is 15.3 Å². The van der Waals surface area contributed by atoms with Crippen LogP contribution in [0.2, 0.25) is 0 Å². The molecule has 2 N–H and O–H groups in total. The lowest BCUT2D eigenvalue weighted by Gasteiger charge is -1.99. The van der Waals surface area contributed by atoms with Gasteiger partial charge in [0.15, 0.2) is 5.82 Å². The van der Waals surface area contributed by atoms with Crippen molar-refractivity contribution in [1.82, 2.24) is 20.0 Å². The van der Waals surface area contributed by atoms with E-state index in [4.69, 9.17) is 5.73 Å². The molecule has 0 spiro atoms. The number of hydrogen-bond donors (Lipinski definition) is 1. The summed E-state index contributed by atoms with van der Waals surface area (Å²) in [6.07, 6.45) is 1.50. The number of nitrogens with two attached hydrogens (primary N) is 1. The van der Waals surface area contributed by atoms with Crippen molar-refractivity contribution < 1.29 is 4.92 Å². The van der Waals surface area contributed by atoms with E-state index in [0.29, 0.717) is 11.5 Å². The maximum Gasteiger partial charge on any atom is 0.334 e. The number of nitro groups is 1. The third kappa shape index (κ3) is 1.88. The minimum Gasteiger partial charge on any atom is -0.378 e. The van der Waals surface area contributed by atoms with Crippen LogP contribution in [0.1, 0.15) is 25.5 Å². The van der Waals surface area contributed by atoms with Crippen molar-refractivity contribution in [2.45, 2.75) is 19.8 Å². The average molecular weight is 248 g/mol. The van der Waals surface area contributed by atoms with Gasteiger partial charge in [0.1, 0.15) is 5.69 Å². The molecule has 0 fully saturated rings. The molecule has 0 aliphatic heterocycles. The lowest BCUT2D eigenvalue weighted by molar-refractivity contribution is -0.384. The maximum atomic E-state index is 11.0. The van der Waals surface area contributed by atoms with Crippen molar-refractivity contribution in [3.63, 3.8) is 0 Å². The molecule has 0 bridgehead atoms. The fraction of sp³-hybridized carbons (Fsp3) is 0.300. The highest BCUT2D eigenvalue weighted by Gasteiger charge is 2.28. The summed E-state index contributed by atoms with van der Waals surface area (Å²) < 4.78 is 1.24. The van der Waals surface area contributed by atoms with Gasteiger partial charge in [-0.1, -0.05) is 13.8 Å². The molecule has 0 atom stereocenters. The van der Waals surface area contributed by atoms with Crippen LogP contribution in [0.25, 0.3) is 5.82 Å². The Morgan fingerprint density at radius 1 is 1.50 bits per heavy atom. The van der Waals surface area contributed by atoms with Crippen LogP contribution in [0, 0.1) is 10.1 Å². The highest BCUT2D eigenvalue weighted by Crippen LogP contribution is 2.32. The molecule has 2 rings (SSSR count). The first-order chi connectivity index (χ1) is 8.52. The first-order valence-electron chi connectivity index (χ1n) is 5.33. The quantitative estimate of drug-likeness (QED) is 0.646. The van der Waals surface area contributed by atoms with Crippen molar-refractivity contribution in [3.05, 3.63) is 34.1 Å². The van der Waals surface area contributed by atoms with Crippen LogP contribution >= 0.6 is 0 Å². The molecule has 0 aliphatic carbocycles. The van der Waals surface area contributed by atoms with Gasteiger partial charge in [0, 0.05) is 12.1 Å². The molecular weight excluding hydrogens is 236 g/mol. The van der Waals surface area contributed by atoms with Gasteiger partial charge in [-0.25, -0.2) is 0 Å². The Kier molecular flexibility index (Phi) is 2.92. The predicted molar refractivity (Wildman–Crippen MR) is 64.3 cm³/mol. The van der Waals surface area contributed by atoms with Crippen molar-refractivity contribution >= 4 is 11.5 Å². The van der Waals surface area contributed by atoms with Crippen molar-refractivity contribution in [2.75, 3.05) is 5.73 Å². The summed E-state index contributed by atoms with van der Waals surface area (Å²) in [7, 11) is 0. The average Bonchev–Trinajstić information content (AvgIpc) is 2.68. The molecule has 8 nitrogen and oxygen atoms in total. The van der Waals surface area contributed by atoms with Gasteiger partial charge in [0.2, 0.25) is 5.82 Å². The van der Waals surface area contributed by atoms with E-state index in [1.165, 1.54) is 10.9 Å². The van der Waals surface area contributed by atoms with E-state index in [0.717, 1.165) is 0 Å². The monoisotopic (exact) mass is 248 g/mol. The summed E-state index contributed by atoms with van der Waals surface area (Å²) in [6.45, 7) is 3.63. The molecule has 0 amide bonds.